The van der Waals surface area contributed by atoms with Gasteiger partial charge in [0.25, 0.3) is 0 Å². The number of benzene rings is 1. The van der Waals surface area contributed by atoms with Gasteiger partial charge in [-0.05, 0) is 18.1 Å². The second kappa shape index (κ2) is 6.81. The van der Waals surface area contributed by atoms with E-state index in [1.165, 1.54) is 0 Å². The lowest BCUT2D eigenvalue weighted by atomic mass is 10.0. The molecule has 2 amide bonds. The van der Waals surface area contributed by atoms with Crippen LogP contribution in [0.1, 0.15) is 17.3 Å². The summed E-state index contributed by atoms with van der Waals surface area (Å²) in [6, 6.07) is 7.66. The van der Waals surface area contributed by atoms with E-state index in [1.54, 1.807) is 11.3 Å². The van der Waals surface area contributed by atoms with Gasteiger partial charge in [0.15, 0.2) is 0 Å². The van der Waals surface area contributed by atoms with Crippen LogP contribution in [-0.2, 0) is 9.59 Å². The third-order valence-electron chi connectivity index (χ3n) is 3.00. The molecule has 104 valence electrons. The van der Waals surface area contributed by atoms with E-state index in [4.69, 9.17) is 0 Å². The van der Waals surface area contributed by atoms with Crippen LogP contribution in [0.5, 0.6) is 0 Å². The molecule has 1 unspecified atom stereocenters. The smallest absolute Gasteiger partial charge is 0.207 e. The number of carbonyl (C=O) groups excluding carboxylic acids is 2. The third kappa shape index (κ3) is 3.21. The van der Waals surface area contributed by atoms with Crippen LogP contribution >= 0.6 is 11.3 Å². The van der Waals surface area contributed by atoms with E-state index in [2.05, 4.69) is 15.6 Å². The lowest BCUT2D eigenvalue weighted by Gasteiger charge is -2.16. The summed E-state index contributed by atoms with van der Waals surface area (Å²) in [5.41, 5.74) is 4.87. The van der Waals surface area contributed by atoms with Crippen LogP contribution in [0.2, 0.25) is 0 Å². The van der Waals surface area contributed by atoms with Gasteiger partial charge in [-0.3, -0.25) is 9.59 Å². The highest BCUT2D eigenvalue weighted by atomic mass is 32.1. The number of nitrogens with one attached hydrogen (secondary N) is 2. The third-order valence-corrected chi connectivity index (χ3v) is 3.97. The van der Waals surface area contributed by atoms with Gasteiger partial charge in [0.2, 0.25) is 12.8 Å². The molecule has 1 aromatic heterocycles. The Balaban J connectivity index is 2.19. The Hall–Kier alpha value is -2.21. The molecule has 1 heterocycles. The highest BCUT2D eigenvalue weighted by Gasteiger charge is 2.11. The van der Waals surface area contributed by atoms with Crippen LogP contribution in [0.4, 0.5) is 0 Å². The fraction of sp³-hybridized carbons (Fsp3) is 0.214. The Morgan fingerprint density at radius 2 is 2.00 bits per heavy atom. The molecule has 0 fully saturated rings. The maximum atomic E-state index is 10.6. The second-order valence-electron chi connectivity index (χ2n) is 4.25. The van der Waals surface area contributed by atoms with Gasteiger partial charge in [0, 0.05) is 6.54 Å². The summed E-state index contributed by atoms with van der Waals surface area (Å²) in [5.74, 6) is 0. The summed E-state index contributed by atoms with van der Waals surface area (Å²) >= 11 is 1.60. The number of hydrogen-bond donors (Lipinski definition) is 2. The monoisotopic (exact) mass is 289 g/mol. The predicted octanol–water partition coefficient (Wildman–Crippen LogP) is 1.65. The van der Waals surface area contributed by atoms with Gasteiger partial charge in [-0.1, -0.05) is 24.3 Å². The maximum absolute atomic E-state index is 10.6. The van der Waals surface area contributed by atoms with Crippen molar-refractivity contribution in [1.82, 2.24) is 15.6 Å². The van der Waals surface area contributed by atoms with E-state index >= 15 is 0 Å². The molecule has 0 saturated heterocycles. The molecule has 0 spiro atoms. The van der Waals surface area contributed by atoms with Gasteiger partial charge < -0.3 is 10.6 Å². The van der Waals surface area contributed by atoms with E-state index < -0.39 is 0 Å². The molecule has 0 bridgehead atoms. The molecular formula is C14H15N3O2S. The first-order valence-electron chi connectivity index (χ1n) is 6.13. The van der Waals surface area contributed by atoms with Gasteiger partial charge in [0.05, 0.1) is 22.1 Å². The Kier molecular flexibility index (Phi) is 4.84. The Morgan fingerprint density at radius 3 is 2.55 bits per heavy atom. The van der Waals surface area contributed by atoms with E-state index in [1.807, 2.05) is 36.7 Å². The molecule has 1 aromatic carbocycles. The zero-order valence-electron chi connectivity index (χ0n) is 11.0. The number of aromatic nitrogens is 1. The lowest BCUT2D eigenvalue weighted by molar-refractivity contribution is -0.111. The molecule has 20 heavy (non-hydrogen) atoms. The first kappa shape index (κ1) is 14.2. The van der Waals surface area contributed by atoms with E-state index in [-0.39, 0.29) is 6.04 Å². The summed E-state index contributed by atoms with van der Waals surface area (Å²) in [5, 5.41) is 5.26. The molecule has 0 aliphatic rings. The molecule has 6 heteroatoms. The van der Waals surface area contributed by atoms with Crippen LogP contribution < -0.4 is 10.6 Å². The van der Waals surface area contributed by atoms with Crippen molar-refractivity contribution < 1.29 is 9.59 Å². The zero-order valence-corrected chi connectivity index (χ0v) is 11.8. The van der Waals surface area contributed by atoms with Gasteiger partial charge in [-0.25, -0.2) is 4.98 Å². The quantitative estimate of drug-likeness (QED) is 0.761. The van der Waals surface area contributed by atoms with Crippen molar-refractivity contribution in [2.24, 2.45) is 0 Å². The fourth-order valence-electron chi connectivity index (χ4n) is 1.97. The zero-order chi connectivity index (χ0) is 14.4. The highest BCUT2D eigenvalue weighted by molar-refractivity contribution is 7.13. The van der Waals surface area contributed by atoms with Crippen molar-refractivity contribution in [3.8, 4) is 10.4 Å². The van der Waals surface area contributed by atoms with Crippen LogP contribution in [0, 0.1) is 6.92 Å². The van der Waals surface area contributed by atoms with E-state index in [9.17, 15) is 9.59 Å². The van der Waals surface area contributed by atoms with Gasteiger partial charge in [0.1, 0.15) is 0 Å². The van der Waals surface area contributed by atoms with Gasteiger partial charge in [-0.15, -0.1) is 11.3 Å². The van der Waals surface area contributed by atoms with Crippen molar-refractivity contribution in [3.05, 3.63) is 41.0 Å². The molecule has 0 aliphatic carbocycles. The van der Waals surface area contributed by atoms with Crippen molar-refractivity contribution >= 4 is 24.2 Å². The van der Waals surface area contributed by atoms with E-state index in [0.717, 1.165) is 21.7 Å². The number of amides is 2. The summed E-state index contributed by atoms with van der Waals surface area (Å²) < 4.78 is 0. The Labute approximate surface area is 121 Å². The van der Waals surface area contributed by atoms with Gasteiger partial charge in [-0.2, -0.15) is 0 Å². The Morgan fingerprint density at radius 1 is 1.25 bits per heavy atom. The number of aryl methyl sites for hydroxylation is 1. The Bertz CT molecular complexity index is 580. The fourth-order valence-corrected chi connectivity index (χ4v) is 2.78. The van der Waals surface area contributed by atoms with Crippen molar-refractivity contribution in [2.45, 2.75) is 13.0 Å². The molecule has 2 N–H and O–H groups in total. The van der Waals surface area contributed by atoms with Gasteiger partial charge >= 0.3 is 0 Å². The lowest BCUT2D eigenvalue weighted by Crippen LogP contribution is -2.30. The topological polar surface area (TPSA) is 71.1 Å². The number of carbonyl (C=O) groups is 2. The molecule has 2 rings (SSSR count). The molecule has 2 aromatic rings. The van der Waals surface area contributed by atoms with E-state index in [0.29, 0.717) is 19.4 Å². The second-order valence-corrected chi connectivity index (χ2v) is 5.11. The van der Waals surface area contributed by atoms with Crippen molar-refractivity contribution in [3.63, 3.8) is 0 Å². The van der Waals surface area contributed by atoms with Crippen LogP contribution in [0.3, 0.4) is 0 Å². The molecular weight excluding hydrogens is 274 g/mol. The average molecular weight is 289 g/mol. The van der Waals surface area contributed by atoms with Crippen molar-refractivity contribution in [1.29, 1.82) is 0 Å². The number of nitrogens with zero attached hydrogens (tertiary/aromatic N) is 1. The maximum Gasteiger partial charge on any atom is 0.207 e. The summed E-state index contributed by atoms with van der Waals surface area (Å²) in [4.78, 5) is 26.3. The summed E-state index contributed by atoms with van der Waals surface area (Å²) in [7, 11) is 0. The minimum absolute atomic E-state index is 0.227. The average Bonchev–Trinajstić information content (AvgIpc) is 2.90. The summed E-state index contributed by atoms with van der Waals surface area (Å²) in [6.45, 7) is 2.34. The van der Waals surface area contributed by atoms with Crippen LogP contribution in [0.15, 0.2) is 29.8 Å². The number of hydrogen-bond acceptors (Lipinski definition) is 4. The van der Waals surface area contributed by atoms with Crippen LogP contribution in [0.25, 0.3) is 10.4 Å². The van der Waals surface area contributed by atoms with Crippen LogP contribution in [-0.4, -0.2) is 24.3 Å². The molecule has 0 radical (unpaired) electrons. The number of thiazole rings is 1. The molecule has 1 atom stereocenters. The first-order valence-corrected chi connectivity index (χ1v) is 7.01. The van der Waals surface area contributed by atoms with Crippen molar-refractivity contribution in [2.75, 3.05) is 6.54 Å². The molecule has 0 saturated carbocycles. The number of rotatable bonds is 7. The summed E-state index contributed by atoms with van der Waals surface area (Å²) in [6.07, 6.45) is 1.26. The molecule has 0 aliphatic heterocycles. The first-order chi connectivity index (χ1) is 9.76. The minimum atomic E-state index is -0.227. The minimum Gasteiger partial charge on any atom is -0.356 e. The normalized spacial score (nSPS) is 11.7. The SMILES string of the molecule is Cc1ncsc1-c1ccc(C(CNC=O)NC=O)cc1. The largest absolute Gasteiger partial charge is 0.356 e. The highest BCUT2D eigenvalue weighted by Crippen LogP contribution is 2.28. The standard InChI is InChI=1S/C14H15N3O2S/c1-10-14(20-9-17-10)12-4-2-11(3-5-12)13(16-8-19)6-15-7-18/h2-5,7-9,13H,6H2,1H3,(H,15,18)(H,16,19). The molecule has 5 nitrogen and oxygen atoms in total. The predicted molar refractivity (Wildman–Crippen MR) is 78.3 cm³/mol.